The van der Waals surface area contributed by atoms with Crippen LogP contribution in [0.5, 0.6) is 0 Å². The van der Waals surface area contributed by atoms with E-state index < -0.39 is 0 Å². The van der Waals surface area contributed by atoms with Gasteiger partial charge in [-0.05, 0) is 43.7 Å². The summed E-state index contributed by atoms with van der Waals surface area (Å²) in [7, 11) is 0. The van der Waals surface area contributed by atoms with Gasteiger partial charge in [0.25, 0.3) is 0 Å². The van der Waals surface area contributed by atoms with E-state index in [0.717, 1.165) is 31.6 Å². The molecule has 5 heteroatoms. The number of amides is 1. The molecule has 1 saturated carbocycles. The average molecular weight is 296 g/mol. The number of rotatable bonds is 2. The minimum absolute atomic E-state index is 0.372. The summed E-state index contributed by atoms with van der Waals surface area (Å²) in [5.74, 6) is 0.944. The van der Waals surface area contributed by atoms with Crippen molar-refractivity contribution in [2.24, 2.45) is 5.92 Å². The number of likely N-dealkylation sites (tertiary alicyclic amines) is 1. The number of nitrogens with zero attached hydrogens (tertiary/aromatic N) is 4. The lowest BCUT2D eigenvalue weighted by atomic mass is 9.83. The molecule has 2 atom stereocenters. The maximum atomic E-state index is 12.2. The molecule has 0 bridgehead atoms. The normalized spacial score (nSPS) is 28.2. The largest absolute Gasteiger partial charge is 0.370 e. The second kappa shape index (κ2) is 5.28. The Kier molecular flexibility index (Phi) is 3.25. The molecule has 3 aliphatic rings. The van der Waals surface area contributed by atoms with Crippen LogP contribution in [0.1, 0.15) is 37.8 Å². The van der Waals surface area contributed by atoms with E-state index in [4.69, 9.17) is 5.26 Å². The fraction of sp³-hybridized carbons (Fsp3) is 0.588. The van der Waals surface area contributed by atoms with Crippen molar-refractivity contribution in [1.29, 1.82) is 5.26 Å². The smallest absolute Gasteiger partial charge is 0.223 e. The van der Waals surface area contributed by atoms with Crippen molar-refractivity contribution in [3.63, 3.8) is 0 Å². The molecule has 1 aromatic heterocycles. The van der Waals surface area contributed by atoms with Crippen molar-refractivity contribution < 1.29 is 4.79 Å². The Bertz CT molecular complexity index is 617. The minimum Gasteiger partial charge on any atom is -0.370 e. The van der Waals surface area contributed by atoms with Crippen LogP contribution in [0.25, 0.3) is 0 Å². The summed E-state index contributed by atoms with van der Waals surface area (Å²) in [4.78, 5) is 21.0. The van der Waals surface area contributed by atoms with Crippen LogP contribution in [0, 0.1) is 17.2 Å². The molecule has 3 fully saturated rings. The predicted molar refractivity (Wildman–Crippen MR) is 82.2 cm³/mol. The number of anilines is 1. The molecule has 0 N–H and O–H groups in total. The Morgan fingerprint density at radius 3 is 2.77 bits per heavy atom. The number of fused-ring (bicyclic) bond motifs is 1. The molecular weight excluding hydrogens is 276 g/mol. The van der Waals surface area contributed by atoms with E-state index in [1.165, 1.54) is 12.8 Å². The molecule has 0 spiro atoms. The van der Waals surface area contributed by atoms with E-state index in [0.29, 0.717) is 36.0 Å². The molecule has 1 amide bonds. The molecule has 114 valence electrons. The first-order chi connectivity index (χ1) is 10.8. The molecule has 3 heterocycles. The number of nitriles is 1. The van der Waals surface area contributed by atoms with Crippen molar-refractivity contribution in [3.05, 3.63) is 24.0 Å². The summed E-state index contributed by atoms with van der Waals surface area (Å²) >= 11 is 0. The van der Waals surface area contributed by atoms with Crippen molar-refractivity contribution >= 4 is 11.6 Å². The van der Waals surface area contributed by atoms with E-state index in [2.05, 4.69) is 20.9 Å². The number of pyridine rings is 1. The lowest BCUT2D eigenvalue weighted by Gasteiger charge is -2.48. The summed E-state index contributed by atoms with van der Waals surface area (Å²) in [5.41, 5.74) is 1.55. The van der Waals surface area contributed by atoms with Crippen LogP contribution in [0.3, 0.4) is 0 Å². The highest BCUT2D eigenvalue weighted by Gasteiger charge is 2.45. The number of carbonyl (C=O) groups excluding carboxylic acids is 1. The zero-order chi connectivity index (χ0) is 15.1. The third-order valence-corrected chi connectivity index (χ3v) is 5.24. The highest BCUT2D eigenvalue weighted by molar-refractivity contribution is 5.78. The molecule has 4 rings (SSSR count). The van der Waals surface area contributed by atoms with Gasteiger partial charge in [-0.1, -0.05) is 0 Å². The number of hydrogen-bond acceptors (Lipinski definition) is 4. The van der Waals surface area contributed by atoms with Crippen LogP contribution in [0.4, 0.5) is 5.69 Å². The van der Waals surface area contributed by atoms with Crippen LogP contribution < -0.4 is 4.90 Å². The number of hydrogen-bond donors (Lipinski definition) is 0. The standard InChI is InChI=1S/C17H20N4O/c18-9-13-2-3-15(10-19-13)20-8-7-16-12(11-20)1-6-17(22)21(16)14-4-5-14/h2-3,10,12,14,16H,1,4-8,11H2/t12-,16-/m1/s1. The molecule has 0 aromatic carbocycles. The molecular formula is C17H20N4O. The fourth-order valence-corrected chi connectivity index (χ4v) is 3.99. The Labute approximate surface area is 130 Å². The van der Waals surface area contributed by atoms with E-state index in [1.54, 1.807) is 12.3 Å². The molecule has 22 heavy (non-hydrogen) atoms. The SMILES string of the molecule is N#Cc1ccc(N2CC[C@@H]3[C@H](CCC(=O)N3C3CC3)C2)cn1. The van der Waals surface area contributed by atoms with Crippen LogP contribution in [0.15, 0.2) is 18.3 Å². The third kappa shape index (κ3) is 2.33. The summed E-state index contributed by atoms with van der Waals surface area (Å²) in [5, 5.41) is 8.84. The quantitative estimate of drug-likeness (QED) is 0.836. The summed E-state index contributed by atoms with van der Waals surface area (Å²) in [6.45, 7) is 1.96. The molecule has 0 unspecified atom stereocenters. The topological polar surface area (TPSA) is 60.2 Å². The molecule has 1 aliphatic carbocycles. The number of piperidine rings is 2. The monoisotopic (exact) mass is 296 g/mol. The first-order valence-corrected chi connectivity index (χ1v) is 8.18. The van der Waals surface area contributed by atoms with Crippen molar-refractivity contribution in [2.75, 3.05) is 18.0 Å². The number of aromatic nitrogens is 1. The van der Waals surface area contributed by atoms with Gasteiger partial charge in [-0.2, -0.15) is 5.26 Å². The van der Waals surface area contributed by atoms with Crippen LogP contribution in [-0.2, 0) is 4.79 Å². The summed E-state index contributed by atoms with van der Waals surface area (Å²) in [6.07, 6.45) is 6.94. The highest BCUT2D eigenvalue weighted by Crippen LogP contribution is 2.39. The lowest BCUT2D eigenvalue weighted by Crippen LogP contribution is -2.56. The van der Waals surface area contributed by atoms with Crippen LogP contribution >= 0.6 is 0 Å². The van der Waals surface area contributed by atoms with Crippen LogP contribution in [-0.4, -0.2) is 41.0 Å². The Balaban J connectivity index is 1.49. The average Bonchev–Trinajstić information content (AvgIpc) is 3.39. The molecule has 0 radical (unpaired) electrons. The maximum Gasteiger partial charge on any atom is 0.223 e. The molecule has 5 nitrogen and oxygen atoms in total. The molecule has 2 aliphatic heterocycles. The highest BCUT2D eigenvalue weighted by atomic mass is 16.2. The zero-order valence-corrected chi connectivity index (χ0v) is 12.6. The third-order valence-electron chi connectivity index (χ3n) is 5.24. The van der Waals surface area contributed by atoms with Gasteiger partial charge < -0.3 is 9.80 Å². The van der Waals surface area contributed by atoms with Crippen molar-refractivity contribution in [2.45, 2.75) is 44.2 Å². The Morgan fingerprint density at radius 1 is 1.23 bits per heavy atom. The lowest BCUT2D eigenvalue weighted by molar-refractivity contribution is -0.140. The fourth-order valence-electron chi connectivity index (χ4n) is 3.99. The van der Waals surface area contributed by atoms with Gasteiger partial charge >= 0.3 is 0 Å². The van der Waals surface area contributed by atoms with Gasteiger partial charge in [0.1, 0.15) is 11.8 Å². The van der Waals surface area contributed by atoms with Gasteiger partial charge in [-0.3, -0.25) is 4.79 Å². The van der Waals surface area contributed by atoms with E-state index >= 15 is 0 Å². The van der Waals surface area contributed by atoms with Crippen molar-refractivity contribution in [1.82, 2.24) is 9.88 Å². The van der Waals surface area contributed by atoms with Gasteiger partial charge in [0, 0.05) is 31.6 Å². The van der Waals surface area contributed by atoms with Gasteiger partial charge in [0.15, 0.2) is 0 Å². The predicted octanol–water partition coefficient (Wildman–Crippen LogP) is 1.93. The number of carbonyl (C=O) groups is 1. The molecule has 1 aromatic rings. The van der Waals surface area contributed by atoms with Gasteiger partial charge in [0.05, 0.1) is 11.9 Å². The Hall–Kier alpha value is -2.09. The second-order valence-corrected chi connectivity index (χ2v) is 6.65. The maximum absolute atomic E-state index is 12.2. The van der Waals surface area contributed by atoms with E-state index in [-0.39, 0.29) is 0 Å². The van der Waals surface area contributed by atoms with E-state index in [9.17, 15) is 4.79 Å². The summed E-state index contributed by atoms with van der Waals surface area (Å²) in [6, 6.07) is 6.80. The van der Waals surface area contributed by atoms with Gasteiger partial charge in [-0.25, -0.2) is 4.98 Å². The zero-order valence-electron chi connectivity index (χ0n) is 12.6. The minimum atomic E-state index is 0.372. The van der Waals surface area contributed by atoms with Gasteiger partial charge in [-0.15, -0.1) is 0 Å². The Morgan fingerprint density at radius 2 is 2.09 bits per heavy atom. The van der Waals surface area contributed by atoms with Crippen molar-refractivity contribution in [3.8, 4) is 6.07 Å². The second-order valence-electron chi connectivity index (χ2n) is 6.65. The first kappa shape index (κ1) is 13.6. The summed E-state index contributed by atoms with van der Waals surface area (Å²) < 4.78 is 0. The first-order valence-electron chi connectivity index (χ1n) is 8.18. The van der Waals surface area contributed by atoms with E-state index in [1.807, 2.05) is 6.07 Å². The van der Waals surface area contributed by atoms with Crippen LogP contribution in [0.2, 0.25) is 0 Å². The van der Waals surface area contributed by atoms with Gasteiger partial charge in [0.2, 0.25) is 5.91 Å². The molecule has 2 saturated heterocycles.